The van der Waals surface area contributed by atoms with Gasteiger partial charge in [-0.2, -0.15) is 12.6 Å². The van der Waals surface area contributed by atoms with Crippen LogP contribution in [0.4, 0.5) is 10.1 Å². The number of halogens is 1. The molecule has 9 nitrogen and oxygen atoms in total. The number of anilines is 1. The molecule has 1 aromatic carbocycles. The lowest BCUT2D eigenvalue weighted by Crippen LogP contribution is -2.45. The summed E-state index contributed by atoms with van der Waals surface area (Å²) in [6.45, 7) is 1.49. The Hall–Kier alpha value is -3.21. The van der Waals surface area contributed by atoms with Crippen LogP contribution in [0.1, 0.15) is 38.2 Å². The highest BCUT2D eigenvalue weighted by atomic mass is 32.1. The molecular weight excluding hydrogens is 451 g/mol. The first kappa shape index (κ1) is 26.0. The molecule has 178 valence electrons. The molecule has 0 spiro atoms. The summed E-state index contributed by atoms with van der Waals surface area (Å²) in [5, 5.41) is 7.45. The second kappa shape index (κ2) is 12.7. The lowest BCUT2D eigenvalue weighted by atomic mass is 10.2. The van der Waals surface area contributed by atoms with E-state index in [9.17, 15) is 28.4 Å². The van der Waals surface area contributed by atoms with Crippen molar-refractivity contribution >= 4 is 47.9 Å². The molecule has 3 N–H and O–H groups in total. The first-order chi connectivity index (χ1) is 15.7. The van der Waals surface area contributed by atoms with Crippen LogP contribution in [0, 0.1) is 5.82 Å². The number of amides is 5. The fraction of sp³-hybridized carbons (Fsp3) is 0.409. The average Bonchev–Trinajstić information content (AvgIpc) is 3.09. The molecule has 0 aromatic heterocycles. The highest BCUT2D eigenvalue weighted by molar-refractivity contribution is 7.79. The minimum Gasteiger partial charge on any atom is -0.347 e. The second-order valence-electron chi connectivity index (χ2n) is 7.49. The quantitative estimate of drug-likeness (QED) is 0.205. The van der Waals surface area contributed by atoms with Crippen molar-refractivity contribution in [2.75, 3.05) is 18.4 Å². The number of carbonyl (C=O) groups excluding carboxylic acids is 5. The molecule has 2 rings (SSSR count). The van der Waals surface area contributed by atoms with Gasteiger partial charge in [0.15, 0.2) is 0 Å². The molecule has 5 amide bonds. The highest BCUT2D eigenvalue weighted by Gasteiger charge is 2.22. The molecular formula is C22H27FN4O5S. The maximum Gasteiger partial charge on any atom is 0.253 e. The van der Waals surface area contributed by atoms with Gasteiger partial charge in [0.25, 0.3) is 11.8 Å². The van der Waals surface area contributed by atoms with Gasteiger partial charge in [0.1, 0.15) is 11.9 Å². The number of hydrogen-bond donors (Lipinski definition) is 4. The van der Waals surface area contributed by atoms with Crippen LogP contribution in [0.25, 0.3) is 0 Å². The zero-order valence-corrected chi connectivity index (χ0v) is 19.1. The van der Waals surface area contributed by atoms with Crippen LogP contribution in [0.15, 0.2) is 30.4 Å². The van der Waals surface area contributed by atoms with Crippen LogP contribution in [0.3, 0.4) is 0 Å². The number of nitrogens with zero attached hydrogens (tertiary/aromatic N) is 1. The van der Waals surface area contributed by atoms with Crippen LogP contribution in [0.5, 0.6) is 0 Å². The number of unbranched alkanes of at least 4 members (excludes halogenated alkanes) is 2. The number of hydrogen-bond acceptors (Lipinski definition) is 6. The van der Waals surface area contributed by atoms with Gasteiger partial charge >= 0.3 is 0 Å². The molecule has 1 unspecified atom stereocenters. The van der Waals surface area contributed by atoms with E-state index in [1.165, 1.54) is 31.2 Å². The third-order valence-corrected chi connectivity index (χ3v) is 5.23. The molecule has 33 heavy (non-hydrogen) atoms. The van der Waals surface area contributed by atoms with E-state index >= 15 is 0 Å². The minimum absolute atomic E-state index is 0.192. The monoisotopic (exact) mass is 478 g/mol. The molecule has 11 heteroatoms. The molecule has 0 fully saturated rings. The van der Waals surface area contributed by atoms with Gasteiger partial charge in [0, 0.05) is 36.6 Å². The lowest BCUT2D eigenvalue weighted by molar-refractivity contribution is -0.137. The van der Waals surface area contributed by atoms with Gasteiger partial charge in [-0.1, -0.05) is 12.5 Å². The minimum atomic E-state index is -0.896. The van der Waals surface area contributed by atoms with E-state index in [4.69, 9.17) is 0 Å². The lowest BCUT2D eigenvalue weighted by Gasteiger charge is -2.15. The zero-order chi connectivity index (χ0) is 24.4. The zero-order valence-electron chi connectivity index (χ0n) is 18.2. The van der Waals surface area contributed by atoms with E-state index in [1.54, 1.807) is 6.07 Å². The Labute approximate surface area is 196 Å². The van der Waals surface area contributed by atoms with Gasteiger partial charge in [0.2, 0.25) is 17.7 Å². The van der Waals surface area contributed by atoms with Crippen molar-refractivity contribution in [3.8, 4) is 0 Å². The summed E-state index contributed by atoms with van der Waals surface area (Å²) in [7, 11) is 0. The Morgan fingerprint density at radius 1 is 1.06 bits per heavy atom. The standard InChI is InChI=1S/C22H27FN4O5S/c1-14(22(32)26-16-7-6-15(13-33)17(23)11-16)25-19(29)12-24-18(28)5-3-2-4-10-27-20(30)8-9-21(27)31/h6-9,11,14,33H,2-5,10,12-13H2,1H3,(H,24,28)(H,25,29)(H,26,32). The molecule has 0 saturated carbocycles. The Bertz CT molecular complexity index is 935. The maximum absolute atomic E-state index is 13.8. The van der Waals surface area contributed by atoms with Gasteiger partial charge in [-0.3, -0.25) is 28.9 Å². The summed E-state index contributed by atoms with van der Waals surface area (Å²) in [6.07, 6.45) is 4.42. The molecule has 0 radical (unpaired) electrons. The fourth-order valence-corrected chi connectivity index (χ4v) is 3.27. The van der Waals surface area contributed by atoms with E-state index in [2.05, 4.69) is 28.6 Å². The summed E-state index contributed by atoms with van der Waals surface area (Å²) in [4.78, 5) is 60.1. The molecule has 1 aromatic rings. The smallest absolute Gasteiger partial charge is 0.253 e. The molecule has 1 atom stereocenters. The number of nitrogens with one attached hydrogen (secondary N) is 3. The van der Waals surface area contributed by atoms with E-state index in [0.717, 1.165) is 4.90 Å². The predicted molar refractivity (Wildman–Crippen MR) is 123 cm³/mol. The van der Waals surface area contributed by atoms with Crippen molar-refractivity contribution in [2.45, 2.75) is 44.4 Å². The highest BCUT2D eigenvalue weighted by Crippen LogP contribution is 2.16. The Morgan fingerprint density at radius 3 is 2.39 bits per heavy atom. The number of benzene rings is 1. The maximum atomic E-state index is 13.8. The van der Waals surface area contributed by atoms with Crippen LogP contribution < -0.4 is 16.0 Å². The van der Waals surface area contributed by atoms with Crippen molar-refractivity contribution in [2.24, 2.45) is 0 Å². The number of rotatable bonds is 12. The molecule has 1 heterocycles. The van der Waals surface area contributed by atoms with Crippen molar-refractivity contribution in [1.82, 2.24) is 15.5 Å². The van der Waals surface area contributed by atoms with Crippen LogP contribution in [0.2, 0.25) is 0 Å². The third kappa shape index (κ3) is 8.33. The van der Waals surface area contributed by atoms with Crippen LogP contribution >= 0.6 is 12.6 Å². The van der Waals surface area contributed by atoms with Crippen LogP contribution in [-0.4, -0.2) is 53.6 Å². The summed E-state index contributed by atoms with van der Waals surface area (Å²) in [5.41, 5.74) is 0.662. The van der Waals surface area contributed by atoms with Gasteiger partial charge in [-0.15, -0.1) is 0 Å². The Kier molecular flexibility index (Phi) is 10.0. The average molecular weight is 479 g/mol. The summed E-state index contributed by atoms with van der Waals surface area (Å²) in [5.74, 6) is -2.31. The Balaban J connectivity index is 1.60. The number of thiol groups is 1. The normalized spacial score (nSPS) is 13.7. The van der Waals surface area contributed by atoms with Crippen molar-refractivity contribution in [3.05, 3.63) is 41.7 Å². The SMILES string of the molecule is CC(NC(=O)CNC(=O)CCCCCN1C(=O)C=CC1=O)C(=O)Nc1ccc(CS)c(F)c1. The number of carbonyl (C=O) groups is 5. The number of imide groups is 1. The summed E-state index contributed by atoms with van der Waals surface area (Å²) < 4.78 is 13.8. The van der Waals surface area contributed by atoms with Crippen molar-refractivity contribution < 1.29 is 28.4 Å². The molecule has 1 aliphatic rings. The van der Waals surface area contributed by atoms with E-state index < -0.39 is 23.7 Å². The summed E-state index contributed by atoms with van der Waals surface area (Å²) >= 11 is 4.01. The second-order valence-corrected chi connectivity index (χ2v) is 7.81. The van der Waals surface area contributed by atoms with Gasteiger partial charge in [-0.05, 0) is 37.5 Å². The largest absolute Gasteiger partial charge is 0.347 e. The van der Waals surface area contributed by atoms with Crippen molar-refractivity contribution in [3.63, 3.8) is 0 Å². The first-order valence-electron chi connectivity index (χ1n) is 10.5. The molecule has 0 bridgehead atoms. The van der Waals surface area contributed by atoms with Gasteiger partial charge < -0.3 is 16.0 Å². The first-order valence-corrected chi connectivity index (χ1v) is 11.1. The predicted octanol–water partition coefficient (Wildman–Crippen LogP) is 1.30. The Morgan fingerprint density at radius 2 is 1.76 bits per heavy atom. The molecule has 0 aliphatic carbocycles. The van der Waals surface area contributed by atoms with E-state index in [-0.39, 0.29) is 42.1 Å². The molecule has 0 saturated heterocycles. The summed E-state index contributed by atoms with van der Waals surface area (Å²) in [6, 6.07) is 3.33. The molecule has 1 aliphatic heterocycles. The van der Waals surface area contributed by atoms with E-state index in [0.29, 0.717) is 31.4 Å². The van der Waals surface area contributed by atoms with Crippen molar-refractivity contribution in [1.29, 1.82) is 0 Å². The van der Waals surface area contributed by atoms with Crippen LogP contribution in [-0.2, 0) is 29.7 Å². The van der Waals surface area contributed by atoms with Gasteiger partial charge in [-0.25, -0.2) is 4.39 Å². The topological polar surface area (TPSA) is 125 Å². The van der Waals surface area contributed by atoms with Gasteiger partial charge in [0.05, 0.1) is 6.54 Å². The fourth-order valence-electron chi connectivity index (χ4n) is 3.01. The van der Waals surface area contributed by atoms with E-state index in [1.807, 2.05) is 0 Å². The third-order valence-electron chi connectivity index (χ3n) is 4.89.